The fraction of sp³-hybridized carbons (Fsp3) is 0.750. The fourth-order valence-corrected chi connectivity index (χ4v) is 1.41. The SMILES string of the molecule is FC(F)(F)C1[CH-]C[CH-]C(C(F)(F)F)C1.[W].[W]. The molecule has 2 atom stereocenters. The second-order valence-corrected chi connectivity index (χ2v) is 3.24. The van der Waals surface area contributed by atoms with Gasteiger partial charge in [-0.1, -0.05) is 18.3 Å². The standard InChI is InChI=1S/C8H8F6.2W/c9-7(10,11)5-2-1-3-6(4-5)8(12,13)14;;/h2-3,5-6H,1,4H2;;/q-2;;. The zero-order chi connectivity index (χ0) is 11.0. The summed E-state index contributed by atoms with van der Waals surface area (Å²) in [5, 5.41) is 0. The molecule has 8 heteroatoms. The van der Waals surface area contributed by atoms with Crippen molar-refractivity contribution >= 4 is 0 Å². The van der Waals surface area contributed by atoms with E-state index in [-0.39, 0.29) is 48.6 Å². The Bertz CT molecular complexity index is 180. The van der Waals surface area contributed by atoms with Crippen molar-refractivity contribution in [3.63, 3.8) is 0 Å². The molecule has 0 nitrogen and oxygen atoms in total. The molecule has 1 aliphatic rings. The van der Waals surface area contributed by atoms with Crippen molar-refractivity contribution in [2.75, 3.05) is 0 Å². The first-order valence-corrected chi connectivity index (χ1v) is 4.01. The van der Waals surface area contributed by atoms with E-state index in [0.29, 0.717) is 0 Å². The summed E-state index contributed by atoms with van der Waals surface area (Å²) < 4.78 is 72.5. The summed E-state index contributed by atoms with van der Waals surface area (Å²) in [6.07, 6.45) is -8.51. The molecule has 1 fully saturated rings. The Morgan fingerprint density at radius 3 is 1.31 bits per heavy atom. The molecule has 0 N–H and O–H groups in total. The molecule has 0 spiro atoms. The van der Waals surface area contributed by atoms with Gasteiger partial charge in [0.2, 0.25) is 0 Å². The van der Waals surface area contributed by atoms with Crippen molar-refractivity contribution < 1.29 is 68.5 Å². The Balaban J connectivity index is 0. The van der Waals surface area contributed by atoms with Crippen LogP contribution in [0.1, 0.15) is 12.8 Å². The van der Waals surface area contributed by atoms with Gasteiger partial charge in [0.15, 0.2) is 0 Å². The summed E-state index contributed by atoms with van der Waals surface area (Å²) in [4.78, 5) is 0. The van der Waals surface area contributed by atoms with Crippen LogP contribution < -0.4 is 0 Å². The molecule has 16 heavy (non-hydrogen) atoms. The molecule has 0 radical (unpaired) electrons. The van der Waals surface area contributed by atoms with Crippen LogP contribution in [0.4, 0.5) is 26.3 Å². The summed E-state index contributed by atoms with van der Waals surface area (Å²) >= 11 is 0. The third kappa shape index (κ3) is 5.53. The van der Waals surface area contributed by atoms with E-state index in [1.165, 1.54) is 0 Å². The van der Waals surface area contributed by atoms with Crippen LogP contribution in [0.3, 0.4) is 0 Å². The van der Waals surface area contributed by atoms with E-state index in [1.807, 2.05) is 0 Å². The second kappa shape index (κ2) is 6.77. The van der Waals surface area contributed by atoms with Crippen molar-refractivity contribution in [1.29, 1.82) is 0 Å². The molecular formula is C8H8F6W2-2. The van der Waals surface area contributed by atoms with E-state index in [9.17, 15) is 26.3 Å². The molecule has 0 aromatic rings. The third-order valence-corrected chi connectivity index (χ3v) is 2.19. The maximum Gasteiger partial charge on any atom is 0.365 e. The Hall–Kier alpha value is 0.957. The van der Waals surface area contributed by atoms with Gasteiger partial charge in [-0.15, -0.1) is 0 Å². The smallest absolute Gasteiger partial charge is 0.346 e. The van der Waals surface area contributed by atoms with Gasteiger partial charge in [-0.05, 0) is 0 Å². The Kier molecular flexibility index (Phi) is 8.17. The van der Waals surface area contributed by atoms with Crippen LogP contribution in [-0.2, 0) is 42.1 Å². The minimum absolute atomic E-state index is 0. The number of alkyl halides is 6. The summed E-state index contributed by atoms with van der Waals surface area (Å²) in [7, 11) is 0. The first-order valence-electron chi connectivity index (χ1n) is 4.01. The Morgan fingerprint density at radius 1 is 0.750 bits per heavy atom. The molecule has 0 bridgehead atoms. The van der Waals surface area contributed by atoms with Crippen molar-refractivity contribution in [2.45, 2.75) is 25.2 Å². The first-order chi connectivity index (χ1) is 6.21. The average molecular weight is 586 g/mol. The molecule has 0 saturated heterocycles. The Labute approximate surface area is 118 Å². The number of rotatable bonds is 0. The summed E-state index contributed by atoms with van der Waals surface area (Å²) in [5.41, 5.74) is 0. The van der Waals surface area contributed by atoms with Gasteiger partial charge < -0.3 is 19.3 Å². The van der Waals surface area contributed by atoms with Crippen LogP contribution >= 0.6 is 0 Å². The topological polar surface area (TPSA) is 0 Å². The van der Waals surface area contributed by atoms with Gasteiger partial charge in [0.1, 0.15) is 0 Å². The number of halogens is 6. The van der Waals surface area contributed by atoms with Crippen LogP contribution in [-0.4, -0.2) is 12.4 Å². The average Bonchev–Trinajstić information content (AvgIpc) is 2.01. The van der Waals surface area contributed by atoms with E-state index in [2.05, 4.69) is 0 Å². The maximum absolute atomic E-state index is 12.1. The van der Waals surface area contributed by atoms with Crippen molar-refractivity contribution in [3.05, 3.63) is 12.8 Å². The summed E-state index contributed by atoms with van der Waals surface area (Å²) in [6, 6.07) is 0. The molecule has 1 saturated carbocycles. The molecule has 2 unspecified atom stereocenters. The van der Waals surface area contributed by atoms with Gasteiger partial charge in [-0.25, -0.2) is 0 Å². The van der Waals surface area contributed by atoms with Crippen molar-refractivity contribution in [2.24, 2.45) is 11.8 Å². The van der Waals surface area contributed by atoms with Crippen LogP contribution in [0.25, 0.3) is 0 Å². The van der Waals surface area contributed by atoms with Crippen molar-refractivity contribution in [3.8, 4) is 0 Å². The van der Waals surface area contributed by atoms with Gasteiger partial charge in [-0.2, -0.15) is 26.3 Å². The van der Waals surface area contributed by atoms with Crippen LogP contribution in [0, 0.1) is 24.7 Å². The van der Waals surface area contributed by atoms with E-state index in [0.717, 1.165) is 12.8 Å². The van der Waals surface area contributed by atoms with E-state index in [4.69, 9.17) is 0 Å². The predicted molar refractivity (Wildman–Crippen MR) is 36.9 cm³/mol. The molecule has 0 heterocycles. The molecular weight excluding hydrogens is 578 g/mol. The molecule has 96 valence electrons. The molecule has 0 aromatic heterocycles. The van der Waals surface area contributed by atoms with E-state index < -0.39 is 30.6 Å². The molecule has 0 aromatic carbocycles. The van der Waals surface area contributed by atoms with Gasteiger partial charge in [0.25, 0.3) is 0 Å². The quantitative estimate of drug-likeness (QED) is 0.302. The molecule has 1 aliphatic carbocycles. The first kappa shape index (κ1) is 19.3. The van der Waals surface area contributed by atoms with Crippen LogP contribution in [0.15, 0.2) is 0 Å². The van der Waals surface area contributed by atoms with E-state index >= 15 is 0 Å². The maximum atomic E-state index is 12.1. The monoisotopic (exact) mass is 586 g/mol. The summed E-state index contributed by atoms with van der Waals surface area (Å²) in [5.74, 6) is -3.86. The number of hydrogen-bond acceptors (Lipinski definition) is 0. The largest absolute Gasteiger partial charge is 0.365 e. The minimum atomic E-state index is -4.56. The van der Waals surface area contributed by atoms with E-state index in [1.54, 1.807) is 0 Å². The zero-order valence-electron chi connectivity index (χ0n) is 7.81. The zero-order valence-corrected chi connectivity index (χ0v) is 13.7. The molecule has 0 aliphatic heterocycles. The van der Waals surface area contributed by atoms with Gasteiger partial charge in [0.05, 0.1) is 0 Å². The Morgan fingerprint density at radius 2 is 1.06 bits per heavy atom. The van der Waals surface area contributed by atoms with Gasteiger partial charge >= 0.3 is 12.4 Å². The van der Waals surface area contributed by atoms with Crippen LogP contribution in [0.5, 0.6) is 0 Å². The van der Waals surface area contributed by atoms with Gasteiger partial charge in [-0.3, -0.25) is 0 Å². The van der Waals surface area contributed by atoms with Crippen molar-refractivity contribution in [1.82, 2.24) is 0 Å². The fourth-order valence-electron chi connectivity index (χ4n) is 1.41. The summed E-state index contributed by atoms with van der Waals surface area (Å²) in [6.45, 7) is 0. The number of hydrogen-bond donors (Lipinski definition) is 0. The van der Waals surface area contributed by atoms with Crippen LogP contribution in [0.2, 0.25) is 0 Å². The predicted octanol–water partition coefficient (Wildman–Crippen LogP) is 3.54. The normalized spacial score (nSPS) is 26.6. The molecule has 1 rings (SSSR count). The second-order valence-electron chi connectivity index (χ2n) is 3.24. The third-order valence-electron chi connectivity index (χ3n) is 2.19. The molecule has 0 amide bonds. The minimum Gasteiger partial charge on any atom is -0.346 e. The van der Waals surface area contributed by atoms with Gasteiger partial charge in [0, 0.05) is 42.1 Å².